The van der Waals surface area contributed by atoms with E-state index in [1.807, 2.05) is 63.2 Å². The van der Waals surface area contributed by atoms with E-state index in [0.717, 1.165) is 16.7 Å². The molecule has 0 spiro atoms. The van der Waals surface area contributed by atoms with Gasteiger partial charge in [-0.2, -0.15) is 0 Å². The second-order valence-corrected chi connectivity index (χ2v) is 7.42. The smallest absolute Gasteiger partial charge is 0.262 e. The number of aryl methyl sites for hydroxylation is 2. The van der Waals surface area contributed by atoms with Gasteiger partial charge in [-0.3, -0.25) is 4.72 Å². The molecule has 5 heteroatoms. The summed E-state index contributed by atoms with van der Waals surface area (Å²) in [5, 5.41) is 0. The fourth-order valence-corrected chi connectivity index (χ4v) is 3.73. The van der Waals surface area contributed by atoms with Crippen molar-refractivity contribution in [2.45, 2.75) is 25.3 Å². The molecule has 0 unspecified atom stereocenters. The molecule has 2 rings (SSSR count). The highest BCUT2D eigenvalue weighted by Crippen LogP contribution is 2.23. The monoisotopic (exact) mass is 318 g/mol. The Morgan fingerprint density at radius 2 is 1.73 bits per heavy atom. The molecular formula is C17H22N2O2S. The summed E-state index contributed by atoms with van der Waals surface area (Å²) in [7, 11) is 0.320. The van der Waals surface area contributed by atoms with E-state index in [4.69, 9.17) is 0 Å². The van der Waals surface area contributed by atoms with Crippen molar-refractivity contribution in [2.75, 3.05) is 18.8 Å². The quantitative estimate of drug-likeness (QED) is 0.921. The molecule has 0 aliphatic heterocycles. The highest BCUT2D eigenvalue weighted by atomic mass is 32.2. The normalized spacial score (nSPS) is 11.7. The van der Waals surface area contributed by atoms with E-state index in [9.17, 15) is 8.42 Å². The van der Waals surface area contributed by atoms with E-state index in [2.05, 4.69) is 4.72 Å². The first-order valence-corrected chi connectivity index (χ1v) is 8.60. The van der Waals surface area contributed by atoms with E-state index < -0.39 is 10.0 Å². The third-order valence-corrected chi connectivity index (χ3v) is 4.89. The first kappa shape index (κ1) is 16.5. The van der Waals surface area contributed by atoms with Gasteiger partial charge in [0.2, 0.25) is 0 Å². The van der Waals surface area contributed by atoms with Gasteiger partial charge in [0.1, 0.15) is 0 Å². The molecule has 0 amide bonds. The van der Waals surface area contributed by atoms with Crippen molar-refractivity contribution in [3.63, 3.8) is 0 Å². The lowest BCUT2D eigenvalue weighted by molar-refractivity contribution is 0.403. The van der Waals surface area contributed by atoms with Crippen molar-refractivity contribution < 1.29 is 8.42 Å². The largest absolute Gasteiger partial charge is 0.305 e. The number of rotatable bonds is 5. The van der Waals surface area contributed by atoms with Crippen molar-refractivity contribution in [3.05, 3.63) is 59.2 Å². The molecule has 1 N–H and O–H groups in total. The highest BCUT2D eigenvalue weighted by Gasteiger charge is 2.18. The number of para-hydroxylation sites is 1. The third-order valence-electron chi connectivity index (χ3n) is 3.37. The van der Waals surface area contributed by atoms with Crippen LogP contribution in [0.2, 0.25) is 0 Å². The Morgan fingerprint density at radius 3 is 2.36 bits per heavy atom. The van der Waals surface area contributed by atoms with Gasteiger partial charge in [0, 0.05) is 6.54 Å². The molecule has 0 aromatic heterocycles. The fourth-order valence-electron chi connectivity index (χ4n) is 2.40. The summed E-state index contributed by atoms with van der Waals surface area (Å²) >= 11 is 0. The standard InChI is InChI=1S/C17H22N2O2S/c1-13-9-10-17(14(2)11-13)22(20,21)18-16-8-6-5-7-15(16)12-19(3)4/h5-11,18H,12H2,1-4H3. The number of hydrogen-bond acceptors (Lipinski definition) is 3. The summed E-state index contributed by atoms with van der Waals surface area (Å²) in [5.41, 5.74) is 3.36. The maximum atomic E-state index is 12.6. The molecule has 0 saturated heterocycles. The molecule has 0 aliphatic rings. The van der Waals surface area contributed by atoms with Gasteiger partial charge < -0.3 is 4.90 Å². The molecule has 0 heterocycles. The number of hydrogen-bond donors (Lipinski definition) is 1. The maximum Gasteiger partial charge on any atom is 0.262 e. The zero-order valence-corrected chi connectivity index (χ0v) is 14.2. The lowest BCUT2D eigenvalue weighted by atomic mass is 10.2. The highest BCUT2D eigenvalue weighted by molar-refractivity contribution is 7.92. The number of nitrogens with zero attached hydrogens (tertiary/aromatic N) is 1. The molecule has 4 nitrogen and oxygen atoms in total. The molecule has 2 aromatic rings. The van der Waals surface area contributed by atoms with Crippen molar-refractivity contribution in [3.8, 4) is 0 Å². The molecule has 22 heavy (non-hydrogen) atoms. The van der Waals surface area contributed by atoms with Gasteiger partial charge in [0.25, 0.3) is 10.0 Å². The van der Waals surface area contributed by atoms with Gasteiger partial charge >= 0.3 is 0 Å². The van der Waals surface area contributed by atoms with Gasteiger partial charge in [-0.15, -0.1) is 0 Å². The molecule has 118 valence electrons. The fraction of sp³-hybridized carbons (Fsp3) is 0.294. The van der Waals surface area contributed by atoms with Crippen LogP contribution in [-0.4, -0.2) is 27.4 Å². The minimum atomic E-state index is -3.59. The van der Waals surface area contributed by atoms with Crippen LogP contribution in [0.15, 0.2) is 47.4 Å². The van der Waals surface area contributed by atoms with E-state index in [0.29, 0.717) is 17.1 Å². The second-order valence-electron chi connectivity index (χ2n) is 5.77. The SMILES string of the molecule is Cc1ccc(S(=O)(=O)Nc2ccccc2CN(C)C)c(C)c1. The lowest BCUT2D eigenvalue weighted by Gasteiger charge is -2.16. The van der Waals surface area contributed by atoms with Crippen molar-refractivity contribution in [1.29, 1.82) is 0 Å². The Bertz CT molecular complexity index is 768. The van der Waals surface area contributed by atoms with E-state index >= 15 is 0 Å². The van der Waals surface area contributed by atoms with Gasteiger partial charge in [0.15, 0.2) is 0 Å². The zero-order chi connectivity index (χ0) is 16.3. The molecule has 0 saturated carbocycles. The van der Waals surface area contributed by atoms with Crippen molar-refractivity contribution in [2.24, 2.45) is 0 Å². The summed E-state index contributed by atoms with van der Waals surface area (Å²) in [6.45, 7) is 4.43. The van der Waals surface area contributed by atoms with Crippen LogP contribution < -0.4 is 4.72 Å². The van der Waals surface area contributed by atoms with Crippen LogP contribution in [0.25, 0.3) is 0 Å². The Balaban J connectivity index is 2.37. The van der Waals surface area contributed by atoms with Crippen LogP contribution in [0.5, 0.6) is 0 Å². The summed E-state index contributed by atoms with van der Waals surface area (Å²) in [4.78, 5) is 2.32. The third kappa shape index (κ3) is 3.87. The van der Waals surface area contributed by atoms with Crippen LogP contribution in [0.4, 0.5) is 5.69 Å². The summed E-state index contributed by atoms with van der Waals surface area (Å²) in [6, 6.07) is 12.8. The number of anilines is 1. The average Bonchev–Trinajstić information content (AvgIpc) is 2.39. The first-order chi connectivity index (χ1) is 10.3. The Kier molecular flexibility index (Phi) is 4.88. The topological polar surface area (TPSA) is 49.4 Å². The van der Waals surface area contributed by atoms with Gasteiger partial charge in [-0.05, 0) is 51.2 Å². The summed E-state index contributed by atoms with van der Waals surface area (Å²) in [5.74, 6) is 0. The van der Waals surface area contributed by atoms with Gasteiger partial charge in [0.05, 0.1) is 10.6 Å². The van der Waals surface area contributed by atoms with Crippen LogP contribution in [0, 0.1) is 13.8 Å². The van der Waals surface area contributed by atoms with Gasteiger partial charge in [-0.25, -0.2) is 8.42 Å². The van der Waals surface area contributed by atoms with Crippen LogP contribution in [0.1, 0.15) is 16.7 Å². The molecule has 0 radical (unpaired) electrons. The van der Waals surface area contributed by atoms with E-state index in [1.54, 1.807) is 12.1 Å². The summed E-state index contributed by atoms with van der Waals surface area (Å²) in [6.07, 6.45) is 0. The minimum Gasteiger partial charge on any atom is -0.305 e. The molecule has 0 bridgehead atoms. The predicted molar refractivity (Wildman–Crippen MR) is 90.6 cm³/mol. The van der Waals surface area contributed by atoms with Crippen LogP contribution >= 0.6 is 0 Å². The average molecular weight is 318 g/mol. The molecule has 0 atom stereocenters. The van der Waals surface area contributed by atoms with Crippen molar-refractivity contribution in [1.82, 2.24) is 4.90 Å². The molecule has 0 aliphatic carbocycles. The Labute approximate surface area is 132 Å². The number of sulfonamides is 1. The zero-order valence-electron chi connectivity index (χ0n) is 13.4. The van der Waals surface area contributed by atoms with Gasteiger partial charge in [-0.1, -0.05) is 35.9 Å². The second kappa shape index (κ2) is 6.50. The predicted octanol–water partition coefficient (Wildman–Crippen LogP) is 3.17. The molecule has 2 aromatic carbocycles. The molecule has 0 fully saturated rings. The van der Waals surface area contributed by atoms with Crippen molar-refractivity contribution >= 4 is 15.7 Å². The number of nitrogens with one attached hydrogen (secondary N) is 1. The summed E-state index contributed by atoms with van der Waals surface area (Å²) < 4.78 is 28.0. The Hall–Kier alpha value is -1.85. The minimum absolute atomic E-state index is 0.317. The lowest BCUT2D eigenvalue weighted by Crippen LogP contribution is -2.17. The number of benzene rings is 2. The molecular weight excluding hydrogens is 296 g/mol. The van der Waals surface area contributed by atoms with Crippen LogP contribution in [-0.2, 0) is 16.6 Å². The van der Waals surface area contributed by atoms with E-state index in [-0.39, 0.29) is 0 Å². The maximum absolute atomic E-state index is 12.6. The Morgan fingerprint density at radius 1 is 1.05 bits per heavy atom. The first-order valence-electron chi connectivity index (χ1n) is 7.12. The van der Waals surface area contributed by atoms with E-state index in [1.165, 1.54) is 0 Å². The van der Waals surface area contributed by atoms with Crippen LogP contribution in [0.3, 0.4) is 0 Å².